The van der Waals surface area contributed by atoms with Crippen molar-refractivity contribution in [2.45, 2.75) is 55.1 Å². The number of thioether (sulfide) groups is 1. The Morgan fingerprint density at radius 2 is 1.76 bits per heavy atom. The van der Waals surface area contributed by atoms with Crippen LogP contribution in [0, 0.1) is 0 Å². The average molecular weight is 266 g/mol. The van der Waals surface area contributed by atoms with Crippen LogP contribution in [0.25, 0.3) is 0 Å². The second-order valence-corrected chi connectivity index (χ2v) is 6.67. The molecule has 0 amide bonds. The van der Waals surface area contributed by atoms with E-state index >= 15 is 0 Å². The van der Waals surface area contributed by atoms with Gasteiger partial charge < -0.3 is 0 Å². The lowest BCUT2D eigenvalue weighted by molar-refractivity contribution is 0.803. The maximum Gasteiger partial charge on any atom is 0.00944 e. The van der Waals surface area contributed by atoms with E-state index in [1.165, 1.54) is 55.4 Å². The van der Waals surface area contributed by atoms with Crippen LogP contribution in [0.2, 0.25) is 0 Å². The van der Waals surface area contributed by atoms with Crippen molar-refractivity contribution in [2.75, 3.05) is 5.75 Å². The summed E-state index contributed by atoms with van der Waals surface area (Å²) in [5.74, 6) is 1.01. The summed E-state index contributed by atoms with van der Waals surface area (Å²) >= 11 is 6.32. The van der Waals surface area contributed by atoms with Crippen molar-refractivity contribution in [1.29, 1.82) is 0 Å². The van der Waals surface area contributed by atoms with E-state index < -0.39 is 0 Å². The monoisotopic (exact) mass is 266 g/mol. The van der Waals surface area contributed by atoms with Gasteiger partial charge in [0.05, 0.1) is 0 Å². The van der Waals surface area contributed by atoms with E-state index in [4.69, 9.17) is 0 Å². The molecule has 0 heterocycles. The molecule has 94 valence electrons. The molecule has 2 rings (SSSR count). The lowest BCUT2D eigenvalue weighted by Crippen LogP contribution is -1.93. The molecule has 1 aromatic carbocycles. The highest BCUT2D eigenvalue weighted by Gasteiger charge is 2.15. The van der Waals surface area contributed by atoms with E-state index in [0.29, 0.717) is 0 Å². The van der Waals surface area contributed by atoms with E-state index in [-0.39, 0.29) is 0 Å². The minimum atomic E-state index is 0.880. The molecule has 1 aliphatic rings. The number of benzene rings is 1. The van der Waals surface area contributed by atoms with Crippen molar-refractivity contribution in [3.05, 3.63) is 29.8 Å². The van der Waals surface area contributed by atoms with Crippen LogP contribution in [0.3, 0.4) is 0 Å². The molecule has 0 saturated heterocycles. The van der Waals surface area contributed by atoms with Crippen LogP contribution in [0.1, 0.15) is 44.1 Å². The Hall–Kier alpha value is -0.0800. The standard InChI is InChI=1S/C15H22S2/c16-12-4-3-5-13-8-10-15(11-9-13)17-14-6-1-2-7-14/h8-11,14,16H,1-7,12H2. The van der Waals surface area contributed by atoms with Gasteiger partial charge in [0.15, 0.2) is 0 Å². The molecule has 0 unspecified atom stereocenters. The Labute approximate surface area is 115 Å². The van der Waals surface area contributed by atoms with Gasteiger partial charge in [-0.3, -0.25) is 0 Å². The Bertz CT molecular complexity index is 312. The van der Waals surface area contributed by atoms with Gasteiger partial charge in [-0.15, -0.1) is 11.8 Å². The largest absolute Gasteiger partial charge is 0.179 e. The average Bonchev–Trinajstić information content (AvgIpc) is 2.85. The maximum absolute atomic E-state index is 4.24. The summed E-state index contributed by atoms with van der Waals surface area (Å²) < 4.78 is 0. The molecule has 0 spiro atoms. The highest BCUT2D eigenvalue weighted by atomic mass is 32.2. The predicted molar refractivity (Wildman–Crippen MR) is 81.3 cm³/mol. The van der Waals surface area contributed by atoms with Crippen LogP contribution in [-0.2, 0) is 6.42 Å². The van der Waals surface area contributed by atoms with Crippen LogP contribution in [-0.4, -0.2) is 11.0 Å². The molecule has 1 aromatic rings. The zero-order valence-corrected chi connectivity index (χ0v) is 12.1. The smallest absolute Gasteiger partial charge is 0.00944 e. The van der Waals surface area contributed by atoms with Crippen molar-refractivity contribution in [2.24, 2.45) is 0 Å². The van der Waals surface area contributed by atoms with Gasteiger partial charge in [-0.2, -0.15) is 12.6 Å². The summed E-state index contributed by atoms with van der Waals surface area (Å²) in [7, 11) is 0. The van der Waals surface area contributed by atoms with Gasteiger partial charge in [-0.1, -0.05) is 25.0 Å². The molecule has 17 heavy (non-hydrogen) atoms. The Balaban J connectivity index is 1.80. The quantitative estimate of drug-likeness (QED) is 0.560. The Morgan fingerprint density at radius 3 is 2.41 bits per heavy atom. The SMILES string of the molecule is SCCCCc1ccc(SC2CCCC2)cc1. The Morgan fingerprint density at radius 1 is 1.06 bits per heavy atom. The van der Waals surface area contributed by atoms with Gasteiger partial charge >= 0.3 is 0 Å². The third-order valence-electron chi connectivity index (χ3n) is 3.40. The molecule has 0 radical (unpaired) electrons. The van der Waals surface area contributed by atoms with E-state index in [2.05, 4.69) is 48.7 Å². The van der Waals surface area contributed by atoms with Crippen molar-refractivity contribution >= 4 is 24.4 Å². The summed E-state index contributed by atoms with van der Waals surface area (Å²) in [6.07, 6.45) is 9.37. The fraction of sp³-hybridized carbons (Fsp3) is 0.600. The molecule has 0 aliphatic heterocycles. The third kappa shape index (κ3) is 4.59. The third-order valence-corrected chi connectivity index (χ3v) is 5.07. The van der Waals surface area contributed by atoms with Crippen molar-refractivity contribution in [1.82, 2.24) is 0 Å². The number of hydrogen-bond acceptors (Lipinski definition) is 2. The summed E-state index contributed by atoms with van der Waals surface area (Å²) in [5, 5.41) is 0.880. The summed E-state index contributed by atoms with van der Waals surface area (Å²) in [6, 6.07) is 9.21. The minimum Gasteiger partial charge on any atom is -0.179 e. The first kappa shape index (κ1) is 13.4. The minimum absolute atomic E-state index is 0.880. The van der Waals surface area contributed by atoms with E-state index in [1.807, 2.05) is 0 Å². The maximum atomic E-state index is 4.24. The van der Waals surface area contributed by atoms with Crippen molar-refractivity contribution < 1.29 is 0 Å². The molecule has 0 nitrogen and oxygen atoms in total. The second-order valence-electron chi connectivity index (χ2n) is 4.85. The lowest BCUT2D eigenvalue weighted by atomic mass is 10.1. The van der Waals surface area contributed by atoms with Gasteiger partial charge in [-0.05, 0) is 55.6 Å². The highest BCUT2D eigenvalue weighted by molar-refractivity contribution is 8.00. The predicted octanol–water partition coefficient (Wildman–Crippen LogP) is 4.97. The number of unbranched alkanes of at least 4 members (excludes halogenated alkanes) is 1. The first-order chi connectivity index (χ1) is 8.38. The molecule has 0 aromatic heterocycles. The summed E-state index contributed by atoms with van der Waals surface area (Å²) in [5.41, 5.74) is 1.47. The van der Waals surface area contributed by atoms with Gasteiger partial charge in [0.2, 0.25) is 0 Å². The number of aryl methyl sites for hydroxylation is 1. The van der Waals surface area contributed by atoms with Crippen molar-refractivity contribution in [3.8, 4) is 0 Å². The molecule has 2 heteroatoms. The number of rotatable bonds is 6. The molecule has 1 fully saturated rings. The van der Waals surface area contributed by atoms with Crippen LogP contribution >= 0.6 is 24.4 Å². The fourth-order valence-corrected chi connectivity index (χ4v) is 3.85. The molecular formula is C15H22S2. The van der Waals surface area contributed by atoms with Gasteiger partial charge in [0.1, 0.15) is 0 Å². The van der Waals surface area contributed by atoms with Gasteiger partial charge in [0, 0.05) is 10.1 Å². The summed E-state index contributed by atoms with van der Waals surface area (Å²) in [4.78, 5) is 1.45. The van der Waals surface area contributed by atoms with E-state index in [9.17, 15) is 0 Å². The lowest BCUT2D eigenvalue weighted by Gasteiger charge is -2.09. The zero-order chi connectivity index (χ0) is 11.9. The second kappa shape index (κ2) is 7.38. The zero-order valence-electron chi connectivity index (χ0n) is 10.4. The highest BCUT2D eigenvalue weighted by Crippen LogP contribution is 2.34. The Kier molecular flexibility index (Phi) is 5.79. The van der Waals surface area contributed by atoms with Crippen molar-refractivity contribution in [3.63, 3.8) is 0 Å². The van der Waals surface area contributed by atoms with E-state index in [1.54, 1.807) is 0 Å². The normalized spacial score (nSPS) is 16.5. The fourth-order valence-electron chi connectivity index (χ4n) is 2.37. The number of thiol groups is 1. The van der Waals surface area contributed by atoms with Gasteiger partial charge in [0.25, 0.3) is 0 Å². The topological polar surface area (TPSA) is 0 Å². The molecular weight excluding hydrogens is 244 g/mol. The molecule has 0 N–H and O–H groups in total. The van der Waals surface area contributed by atoms with Crippen LogP contribution in [0.5, 0.6) is 0 Å². The molecule has 1 saturated carbocycles. The molecule has 1 aliphatic carbocycles. The molecule has 0 atom stereocenters. The molecule has 0 bridgehead atoms. The van der Waals surface area contributed by atoms with Crippen LogP contribution < -0.4 is 0 Å². The summed E-state index contributed by atoms with van der Waals surface area (Å²) in [6.45, 7) is 0. The first-order valence-electron chi connectivity index (χ1n) is 6.75. The van der Waals surface area contributed by atoms with E-state index in [0.717, 1.165) is 11.0 Å². The number of hydrogen-bond donors (Lipinski definition) is 1. The van der Waals surface area contributed by atoms with Gasteiger partial charge in [-0.25, -0.2) is 0 Å². The first-order valence-corrected chi connectivity index (χ1v) is 8.26. The van der Waals surface area contributed by atoms with Crippen LogP contribution in [0.15, 0.2) is 29.2 Å². The van der Waals surface area contributed by atoms with Crippen LogP contribution in [0.4, 0.5) is 0 Å².